The van der Waals surface area contributed by atoms with Gasteiger partial charge in [-0.05, 0) is 55.3 Å². The molecular weight excluding hydrogens is 294 g/mol. The van der Waals surface area contributed by atoms with Crippen LogP contribution in [0.25, 0.3) is 10.8 Å². The number of nitrogens with zero attached hydrogens (tertiary/aromatic N) is 1. The third kappa shape index (κ3) is 1.82. The number of piperidine rings is 1. The molecule has 0 bridgehead atoms. The van der Waals surface area contributed by atoms with Crippen molar-refractivity contribution in [1.29, 1.82) is 0 Å². The van der Waals surface area contributed by atoms with Gasteiger partial charge in [0, 0.05) is 34.2 Å². The van der Waals surface area contributed by atoms with Crippen LogP contribution in [0.4, 0.5) is 11.4 Å². The Morgan fingerprint density at radius 1 is 1.08 bits per heavy atom. The summed E-state index contributed by atoms with van der Waals surface area (Å²) in [5.41, 5.74) is 10.1. The van der Waals surface area contributed by atoms with Crippen LogP contribution in [0.1, 0.15) is 38.7 Å². The van der Waals surface area contributed by atoms with Gasteiger partial charge in [0.05, 0.1) is 0 Å². The number of rotatable bonds is 0. The fourth-order valence-corrected chi connectivity index (χ4v) is 5.74. The normalized spacial score (nSPS) is 31.2. The van der Waals surface area contributed by atoms with Crippen molar-refractivity contribution in [3.05, 3.63) is 35.9 Å². The SMILES string of the molecule is CC1(C)c2ccc3c(N)cccc3c2N[C@@H]2[C@@H]3CCCN3CC[C@@H]21. The van der Waals surface area contributed by atoms with Crippen LogP contribution in [0.5, 0.6) is 0 Å². The first kappa shape index (κ1) is 14.6. The van der Waals surface area contributed by atoms with E-state index in [0.29, 0.717) is 18.0 Å². The Balaban J connectivity index is 1.71. The second-order valence-corrected chi connectivity index (χ2v) is 8.46. The highest BCUT2D eigenvalue weighted by Crippen LogP contribution is 2.51. The Hall–Kier alpha value is -1.74. The van der Waals surface area contributed by atoms with Gasteiger partial charge in [-0.1, -0.05) is 38.1 Å². The molecule has 3 heteroatoms. The van der Waals surface area contributed by atoms with E-state index < -0.39 is 0 Å². The molecule has 0 spiro atoms. The van der Waals surface area contributed by atoms with Crippen LogP contribution in [-0.2, 0) is 5.41 Å². The standard InChI is InChI=1S/C21H27N3/c1-21(2)15-9-8-13-14(5-3-6-17(13)22)19(15)23-20-16(21)10-12-24-11-4-7-18(20)24/h3,5-6,8-9,16,18,20,23H,4,7,10-12,22H2,1-2H3/t16-,18-,20-/m0/s1. The number of nitrogen functional groups attached to an aromatic ring is 1. The lowest BCUT2D eigenvalue weighted by Gasteiger charge is -2.53. The van der Waals surface area contributed by atoms with Crippen LogP contribution >= 0.6 is 0 Å². The monoisotopic (exact) mass is 321 g/mol. The van der Waals surface area contributed by atoms with Crippen molar-refractivity contribution in [2.75, 3.05) is 24.1 Å². The summed E-state index contributed by atoms with van der Waals surface area (Å²) in [5, 5.41) is 6.46. The van der Waals surface area contributed by atoms with Gasteiger partial charge in [0.25, 0.3) is 0 Å². The average molecular weight is 321 g/mol. The van der Waals surface area contributed by atoms with E-state index in [0.717, 1.165) is 5.69 Å². The van der Waals surface area contributed by atoms with Gasteiger partial charge < -0.3 is 11.1 Å². The van der Waals surface area contributed by atoms with E-state index in [2.05, 4.69) is 48.3 Å². The molecule has 24 heavy (non-hydrogen) atoms. The third-order valence-electron chi connectivity index (χ3n) is 7.02. The van der Waals surface area contributed by atoms with Crippen molar-refractivity contribution in [3.63, 3.8) is 0 Å². The fourth-order valence-electron chi connectivity index (χ4n) is 5.74. The zero-order valence-corrected chi connectivity index (χ0v) is 14.7. The first-order valence-electron chi connectivity index (χ1n) is 9.39. The number of benzene rings is 2. The maximum atomic E-state index is 6.24. The van der Waals surface area contributed by atoms with Gasteiger partial charge in [-0.25, -0.2) is 0 Å². The Morgan fingerprint density at radius 2 is 1.96 bits per heavy atom. The summed E-state index contributed by atoms with van der Waals surface area (Å²) in [6.07, 6.45) is 3.99. The lowest BCUT2D eigenvalue weighted by Crippen LogP contribution is -2.59. The predicted molar refractivity (Wildman–Crippen MR) is 101 cm³/mol. The topological polar surface area (TPSA) is 41.3 Å². The number of nitrogens with one attached hydrogen (secondary N) is 1. The van der Waals surface area contributed by atoms with Crippen LogP contribution in [0.15, 0.2) is 30.3 Å². The largest absolute Gasteiger partial charge is 0.398 e. The van der Waals surface area contributed by atoms with Crippen LogP contribution in [-0.4, -0.2) is 30.1 Å². The summed E-state index contributed by atoms with van der Waals surface area (Å²) in [5.74, 6) is 0.711. The Labute approximate surface area is 144 Å². The predicted octanol–water partition coefficient (Wildman–Crippen LogP) is 3.98. The third-order valence-corrected chi connectivity index (χ3v) is 7.02. The van der Waals surface area contributed by atoms with Crippen LogP contribution in [0.3, 0.4) is 0 Å². The first-order valence-corrected chi connectivity index (χ1v) is 9.39. The Morgan fingerprint density at radius 3 is 2.83 bits per heavy atom. The van der Waals surface area contributed by atoms with Crippen molar-refractivity contribution in [3.8, 4) is 0 Å². The zero-order chi connectivity index (χ0) is 16.5. The molecule has 3 aliphatic rings. The van der Waals surface area contributed by atoms with Crippen molar-refractivity contribution >= 4 is 22.1 Å². The minimum atomic E-state index is 0.207. The van der Waals surface area contributed by atoms with Gasteiger partial charge in [0.1, 0.15) is 0 Å². The van der Waals surface area contributed by atoms with Crippen molar-refractivity contribution in [1.82, 2.24) is 4.90 Å². The quantitative estimate of drug-likeness (QED) is 0.721. The highest BCUT2D eigenvalue weighted by molar-refractivity contribution is 6.02. The molecule has 0 radical (unpaired) electrons. The molecule has 2 fully saturated rings. The maximum Gasteiger partial charge on any atom is 0.0461 e. The second-order valence-electron chi connectivity index (χ2n) is 8.46. The summed E-state index contributed by atoms with van der Waals surface area (Å²) in [6.45, 7) is 7.46. The molecule has 0 aromatic heterocycles. The summed E-state index contributed by atoms with van der Waals surface area (Å²) in [7, 11) is 0. The molecular formula is C21H27N3. The average Bonchev–Trinajstić information content (AvgIpc) is 3.04. The summed E-state index contributed by atoms with van der Waals surface area (Å²) in [6, 6.07) is 12.1. The molecule has 3 N–H and O–H groups in total. The van der Waals surface area contributed by atoms with Crippen molar-refractivity contribution < 1.29 is 0 Å². The minimum Gasteiger partial charge on any atom is -0.398 e. The number of fused-ring (bicyclic) bond motifs is 6. The summed E-state index contributed by atoms with van der Waals surface area (Å²) >= 11 is 0. The number of anilines is 2. The molecule has 2 aromatic carbocycles. The molecule has 3 aliphatic heterocycles. The molecule has 0 unspecified atom stereocenters. The van der Waals surface area contributed by atoms with Crippen molar-refractivity contribution in [2.24, 2.45) is 5.92 Å². The molecule has 0 aliphatic carbocycles. The number of hydrogen-bond donors (Lipinski definition) is 2. The summed E-state index contributed by atoms with van der Waals surface area (Å²) in [4.78, 5) is 2.72. The molecule has 5 rings (SSSR count). The highest BCUT2D eigenvalue weighted by Gasteiger charge is 2.50. The van der Waals surface area contributed by atoms with E-state index in [9.17, 15) is 0 Å². The second kappa shape index (κ2) is 4.89. The van der Waals surface area contributed by atoms with Gasteiger partial charge in [0.2, 0.25) is 0 Å². The van der Waals surface area contributed by atoms with E-state index in [-0.39, 0.29) is 5.41 Å². The molecule has 0 amide bonds. The lowest BCUT2D eigenvalue weighted by molar-refractivity contribution is 0.0914. The van der Waals surface area contributed by atoms with Crippen LogP contribution in [0, 0.1) is 5.92 Å². The molecule has 0 saturated carbocycles. The van der Waals surface area contributed by atoms with E-state index in [1.165, 1.54) is 54.4 Å². The van der Waals surface area contributed by atoms with Crippen molar-refractivity contribution in [2.45, 2.75) is 50.6 Å². The minimum absolute atomic E-state index is 0.207. The molecule has 3 atom stereocenters. The summed E-state index contributed by atoms with van der Waals surface area (Å²) < 4.78 is 0. The fraction of sp³-hybridized carbons (Fsp3) is 0.524. The first-order chi connectivity index (χ1) is 11.6. The molecule has 2 aromatic rings. The molecule has 2 saturated heterocycles. The van der Waals surface area contributed by atoms with E-state index in [1.807, 2.05) is 6.07 Å². The van der Waals surface area contributed by atoms with E-state index in [4.69, 9.17) is 5.73 Å². The Bertz CT molecular complexity index is 810. The smallest absolute Gasteiger partial charge is 0.0461 e. The van der Waals surface area contributed by atoms with E-state index >= 15 is 0 Å². The maximum absolute atomic E-state index is 6.24. The molecule has 126 valence electrons. The number of nitrogens with two attached hydrogens (primary N) is 1. The van der Waals surface area contributed by atoms with Gasteiger partial charge in [-0.3, -0.25) is 4.90 Å². The van der Waals surface area contributed by atoms with Gasteiger partial charge >= 0.3 is 0 Å². The highest BCUT2D eigenvalue weighted by atomic mass is 15.2. The van der Waals surface area contributed by atoms with Gasteiger partial charge in [0.15, 0.2) is 0 Å². The van der Waals surface area contributed by atoms with Crippen LogP contribution < -0.4 is 11.1 Å². The Kier molecular flexibility index (Phi) is 2.97. The number of hydrogen-bond acceptors (Lipinski definition) is 3. The van der Waals surface area contributed by atoms with Crippen LogP contribution in [0.2, 0.25) is 0 Å². The molecule has 3 heterocycles. The molecule has 3 nitrogen and oxygen atoms in total. The lowest BCUT2D eigenvalue weighted by atomic mass is 9.62. The van der Waals surface area contributed by atoms with Gasteiger partial charge in [-0.2, -0.15) is 0 Å². The van der Waals surface area contributed by atoms with E-state index in [1.54, 1.807) is 0 Å². The van der Waals surface area contributed by atoms with Gasteiger partial charge in [-0.15, -0.1) is 0 Å². The zero-order valence-electron chi connectivity index (χ0n) is 14.7.